The highest BCUT2D eigenvalue weighted by molar-refractivity contribution is 5.99. The molecule has 2 N–H and O–H groups in total. The van der Waals surface area contributed by atoms with Crippen molar-refractivity contribution in [1.82, 2.24) is 4.90 Å². The summed E-state index contributed by atoms with van der Waals surface area (Å²) in [6.45, 7) is 0.702. The van der Waals surface area contributed by atoms with Crippen LogP contribution < -0.4 is 10.1 Å². The highest BCUT2D eigenvalue weighted by atomic mass is 16.5. The van der Waals surface area contributed by atoms with Crippen LogP contribution in [0.4, 0.5) is 5.69 Å². The summed E-state index contributed by atoms with van der Waals surface area (Å²) in [4.78, 5) is 24.7. The van der Waals surface area contributed by atoms with E-state index in [4.69, 9.17) is 9.84 Å². The second-order valence-electron chi connectivity index (χ2n) is 4.41. The first-order valence-corrected chi connectivity index (χ1v) is 5.67. The van der Waals surface area contributed by atoms with Gasteiger partial charge in [-0.3, -0.25) is 9.59 Å². The molecule has 6 heteroatoms. The van der Waals surface area contributed by atoms with E-state index in [1.807, 2.05) is 0 Å². The number of carbonyl (C=O) groups excluding carboxylic acids is 2. The van der Waals surface area contributed by atoms with Gasteiger partial charge in [-0.15, -0.1) is 0 Å². The molecule has 2 aliphatic rings. The van der Waals surface area contributed by atoms with E-state index >= 15 is 0 Å². The summed E-state index contributed by atoms with van der Waals surface area (Å²) >= 11 is 0. The molecule has 6 nitrogen and oxygen atoms in total. The molecule has 18 heavy (non-hydrogen) atoms. The smallest absolute Gasteiger partial charge is 0.262 e. The Morgan fingerprint density at radius 2 is 2.22 bits per heavy atom. The van der Waals surface area contributed by atoms with Crippen molar-refractivity contribution in [3.8, 4) is 5.75 Å². The van der Waals surface area contributed by atoms with Gasteiger partial charge >= 0.3 is 0 Å². The van der Waals surface area contributed by atoms with Gasteiger partial charge in [-0.2, -0.15) is 0 Å². The van der Waals surface area contributed by atoms with E-state index < -0.39 is 6.10 Å². The monoisotopic (exact) mass is 248 g/mol. The highest BCUT2D eigenvalue weighted by Crippen LogP contribution is 2.29. The molecular weight excluding hydrogens is 236 g/mol. The molecular formula is C12H12N2O4. The molecule has 0 saturated carbocycles. The van der Waals surface area contributed by atoms with Crippen molar-refractivity contribution in [3.05, 3.63) is 23.8 Å². The summed E-state index contributed by atoms with van der Waals surface area (Å²) in [5.41, 5.74) is 1.07. The Bertz CT molecular complexity index is 523. The number of amides is 2. The van der Waals surface area contributed by atoms with Gasteiger partial charge in [-0.1, -0.05) is 0 Å². The second kappa shape index (κ2) is 3.99. The maximum atomic E-state index is 12.0. The van der Waals surface area contributed by atoms with Crippen molar-refractivity contribution in [2.45, 2.75) is 6.10 Å². The van der Waals surface area contributed by atoms with Gasteiger partial charge in [0.15, 0.2) is 6.61 Å². The minimum atomic E-state index is -0.415. The molecule has 3 rings (SSSR count). The van der Waals surface area contributed by atoms with Gasteiger partial charge in [0.2, 0.25) is 0 Å². The van der Waals surface area contributed by atoms with Gasteiger partial charge in [0, 0.05) is 18.7 Å². The Labute approximate surface area is 103 Å². The standard InChI is InChI=1S/C12H12N2O4/c15-8-4-14(5-8)12(17)7-1-2-9-10(3-7)18-6-11(16)13-9/h1-3,8,15H,4-6H2,(H,13,16). The third-order valence-corrected chi connectivity index (χ3v) is 3.01. The average molecular weight is 248 g/mol. The molecule has 2 aliphatic heterocycles. The van der Waals surface area contributed by atoms with Crippen LogP contribution in [0.1, 0.15) is 10.4 Å². The fraction of sp³-hybridized carbons (Fsp3) is 0.333. The summed E-state index contributed by atoms with van der Waals surface area (Å²) in [6, 6.07) is 4.90. The number of nitrogens with one attached hydrogen (secondary N) is 1. The number of aliphatic hydroxyl groups excluding tert-OH is 1. The van der Waals surface area contributed by atoms with Crippen LogP contribution >= 0.6 is 0 Å². The van der Waals surface area contributed by atoms with Gasteiger partial charge in [0.1, 0.15) is 5.75 Å². The molecule has 0 bridgehead atoms. The Kier molecular flexibility index (Phi) is 2.45. The molecule has 0 spiro atoms. The van der Waals surface area contributed by atoms with Crippen molar-refractivity contribution < 1.29 is 19.4 Å². The zero-order chi connectivity index (χ0) is 12.7. The number of carbonyl (C=O) groups is 2. The SMILES string of the molecule is O=C1COc2cc(C(=O)N3CC(O)C3)ccc2N1. The lowest BCUT2D eigenvalue weighted by molar-refractivity contribution is -0.118. The van der Waals surface area contributed by atoms with Crippen molar-refractivity contribution in [2.24, 2.45) is 0 Å². The minimum absolute atomic E-state index is 0.0347. The number of aliphatic hydroxyl groups is 1. The van der Waals surface area contributed by atoms with Crippen LogP contribution in [0.3, 0.4) is 0 Å². The van der Waals surface area contributed by atoms with Gasteiger partial charge in [-0.05, 0) is 18.2 Å². The molecule has 2 heterocycles. The van der Waals surface area contributed by atoms with E-state index in [-0.39, 0.29) is 18.4 Å². The number of rotatable bonds is 1. The molecule has 0 unspecified atom stereocenters. The number of benzene rings is 1. The zero-order valence-corrected chi connectivity index (χ0v) is 9.55. The first-order valence-electron chi connectivity index (χ1n) is 5.67. The Morgan fingerprint density at radius 3 is 2.94 bits per heavy atom. The number of hydrogen-bond donors (Lipinski definition) is 2. The van der Waals surface area contributed by atoms with E-state index in [2.05, 4.69) is 5.32 Å². The van der Waals surface area contributed by atoms with Crippen molar-refractivity contribution in [3.63, 3.8) is 0 Å². The largest absolute Gasteiger partial charge is 0.482 e. The molecule has 2 amide bonds. The number of ether oxygens (including phenoxy) is 1. The maximum absolute atomic E-state index is 12.0. The minimum Gasteiger partial charge on any atom is -0.482 e. The summed E-state index contributed by atoms with van der Waals surface area (Å²) in [5, 5.41) is 11.8. The van der Waals surface area contributed by atoms with E-state index in [0.717, 1.165) is 0 Å². The fourth-order valence-corrected chi connectivity index (χ4v) is 2.01. The molecule has 1 fully saturated rings. The molecule has 0 atom stereocenters. The lowest BCUT2D eigenvalue weighted by Gasteiger charge is -2.36. The number of anilines is 1. The molecule has 0 radical (unpaired) electrons. The van der Waals surface area contributed by atoms with Gasteiger partial charge < -0.3 is 20.1 Å². The molecule has 0 aliphatic carbocycles. The number of β-amino-alcohol motifs (C(OH)–C–C–N with tert-alkyl or cyclic N) is 1. The topological polar surface area (TPSA) is 78.9 Å². The Hall–Kier alpha value is -2.08. The highest BCUT2D eigenvalue weighted by Gasteiger charge is 2.30. The summed E-state index contributed by atoms with van der Waals surface area (Å²) in [5.74, 6) is 0.164. The predicted molar refractivity (Wildman–Crippen MR) is 62.5 cm³/mol. The van der Waals surface area contributed by atoms with Gasteiger partial charge in [0.25, 0.3) is 11.8 Å². The Morgan fingerprint density at radius 1 is 1.44 bits per heavy atom. The van der Waals surface area contributed by atoms with Crippen LogP contribution in [-0.4, -0.2) is 47.6 Å². The fourth-order valence-electron chi connectivity index (χ4n) is 2.01. The number of nitrogens with zero attached hydrogens (tertiary/aromatic N) is 1. The summed E-state index contributed by atoms with van der Waals surface area (Å²) in [6.07, 6.45) is -0.415. The molecule has 1 aromatic rings. The lowest BCUT2D eigenvalue weighted by atomic mass is 10.1. The third-order valence-electron chi connectivity index (χ3n) is 3.01. The molecule has 1 aromatic carbocycles. The van der Waals surface area contributed by atoms with Crippen LogP contribution in [0, 0.1) is 0 Å². The van der Waals surface area contributed by atoms with E-state index in [9.17, 15) is 9.59 Å². The Balaban J connectivity index is 1.82. The number of likely N-dealkylation sites (tertiary alicyclic amines) is 1. The average Bonchev–Trinajstić information content (AvgIpc) is 2.33. The van der Waals surface area contributed by atoms with Gasteiger partial charge in [0.05, 0.1) is 11.8 Å². The number of hydrogen-bond acceptors (Lipinski definition) is 4. The van der Waals surface area contributed by atoms with Crippen LogP contribution in [0.25, 0.3) is 0 Å². The summed E-state index contributed by atoms with van der Waals surface area (Å²) in [7, 11) is 0. The van der Waals surface area contributed by atoms with E-state index in [0.29, 0.717) is 30.1 Å². The third kappa shape index (κ3) is 1.80. The van der Waals surface area contributed by atoms with E-state index in [1.54, 1.807) is 23.1 Å². The van der Waals surface area contributed by atoms with Crippen molar-refractivity contribution in [1.29, 1.82) is 0 Å². The lowest BCUT2D eigenvalue weighted by Crippen LogP contribution is -2.53. The van der Waals surface area contributed by atoms with E-state index in [1.165, 1.54) is 0 Å². The van der Waals surface area contributed by atoms with Crippen LogP contribution in [0.15, 0.2) is 18.2 Å². The van der Waals surface area contributed by atoms with Crippen molar-refractivity contribution in [2.75, 3.05) is 25.0 Å². The maximum Gasteiger partial charge on any atom is 0.262 e. The predicted octanol–water partition coefficient (Wildman–Crippen LogP) is -0.166. The quantitative estimate of drug-likeness (QED) is 0.723. The van der Waals surface area contributed by atoms with Crippen LogP contribution in [0.5, 0.6) is 5.75 Å². The van der Waals surface area contributed by atoms with Crippen molar-refractivity contribution >= 4 is 17.5 Å². The first kappa shape index (κ1) is 11.0. The van der Waals surface area contributed by atoms with Crippen LogP contribution in [-0.2, 0) is 4.79 Å². The molecule has 94 valence electrons. The first-order chi connectivity index (χ1) is 8.63. The molecule has 0 aromatic heterocycles. The zero-order valence-electron chi connectivity index (χ0n) is 9.55. The number of fused-ring (bicyclic) bond motifs is 1. The molecule has 1 saturated heterocycles. The summed E-state index contributed by atoms with van der Waals surface area (Å²) < 4.78 is 5.25. The van der Waals surface area contributed by atoms with Gasteiger partial charge in [-0.25, -0.2) is 0 Å². The second-order valence-corrected chi connectivity index (χ2v) is 4.41. The normalized spacial score (nSPS) is 18.5. The van der Waals surface area contributed by atoms with Crippen LogP contribution in [0.2, 0.25) is 0 Å².